The third-order valence-electron chi connectivity index (χ3n) is 6.40. The zero-order chi connectivity index (χ0) is 25.8. The third kappa shape index (κ3) is 5.50. The van der Waals surface area contributed by atoms with Gasteiger partial charge >= 0.3 is 12.2 Å². The summed E-state index contributed by atoms with van der Waals surface area (Å²) in [5, 5.41) is 12.7. The largest absolute Gasteiger partial charge is 0.445 e. The van der Waals surface area contributed by atoms with E-state index in [1.807, 2.05) is 51.3 Å². The van der Waals surface area contributed by atoms with E-state index in [9.17, 15) is 9.59 Å². The highest BCUT2D eigenvalue weighted by molar-refractivity contribution is 6.03. The topological polar surface area (TPSA) is 97.2 Å². The van der Waals surface area contributed by atoms with Crippen molar-refractivity contribution in [3.63, 3.8) is 0 Å². The maximum Gasteiger partial charge on any atom is 0.407 e. The summed E-state index contributed by atoms with van der Waals surface area (Å²) < 4.78 is 13.1. The molecule has 2 amide bonds. The van der Waals surface area contributed by atoms with Crippen LogP contribution in [0.5, 0.6) is 0 Å². The molecule has 0 atom stereocenters. The molecule has 1 aliphatic rings. The lowest BCUT2D eigenvalue weighted by Crippen LogP contribution is -2.31. The molecule has 0 bridgehead atoms. The molecule has 1 fully saturated rings. The molecular weight excluding hydrogens is 458 g/mol. The number of alkyl carbamates (subject to hydrolysis) is 2. The van der Waals surface area contributed by atoms with E-state index in [2.05, 4.69) is 27.7 Å². The maximum atomic E-state index is 12.3. The molecule has 1 aliphatic heterocycles. The molecule has 0 radical (unpaired) electrons. The summed E-state index contributed by atoms with van der Waals surface area (Å²) in [6.07, 6.45) is 2.54. The normalized spacial score (nSPS) is 14.0. The molecule has 9 nitrogen and oxygen atoms in total. The first-order valence-electron chi connectivity index (χ1n) is 12.8. The number of anilines is 1. The molecule has 2 N–H and O–H groups in total. The Balaban J connectivity index is 1.82. The quantitative estimate of drug-likeness (QED) is 0.476. The molecule has 0 saturated carbocycles. The van der Waals surface area contributed by atoms with Crippen LogP contribution in [-0.2, 0) is 22.7 Å². The van der Waals surface area contributed by atoms with Crippen molar-refractivity contribution in [1.29, 1.82) is 0 Å². The van der Waals surface area contributed by atoms with Gasteiger partial charge in [-0.2, -0.15) is 0 Å². The van der Waals surface area contributed by atoms with Crippen molar-refractivity contribution >= 4 is 34.3 Å². The predicted molar refractivity (Wildman–Crippen MR) is 140 cm³/mol. The van der Waals surface area contributed by atoms with E-state index in [1.54, 1.807) is 0 Å². The Morgan fingerprint density at radius 3 is 2.03 bits per heavy atom. The summed E-state index contributed by atoms with van der Waals surface area (Å²) in [6, 6.07) is 8.13. The highest BCUT2D eigenvalue weighted by Crippen LogP contribution is 2.35. The van der Waals surface area contributed by atoms with Crippen molar-refractivity contribution in [2.75, 3.05) is 18.0 Å². The minimum Gasteiger partial charge on any atom is -0.445 e. The van der Waals surface area contributed by atoms with Crippen LogP contribution in [0.2, 0.25) is 0 Å². The molecule has 9 heteroatoms. The minimum absolute atomic E-state index is 0.0352. The van der Waals surface area contributed by atoms with Crippen LogP contribution in [0, 0.1) is 6.92 Å². The van der Waals surface area contributed by atoms with E-state index >= 15 is 0 Å². The van der Waals surface area contributed by atoms with Crippen LogP contribution in [0.15, 0.2) is 24.3 Å². The number of hydrogen-bond acceptors (Lipinski definition) is 6. The van der Waals surface area contributed by atoms with Crippen molar-refractivity contribution in [3.05, 3.63) is 41.1 Å². The zero-order valence-corrected chi connectivity index (χ0v) is 21.9. The number of fused-ring (bicyclic) bond motifs is 3. The van der Waals surface area contributed by atoms with Gasteiger partial charge in [-0.3, -0.25) is 0 Å². The van der Waals surface area contributed by atoms with Crippen LogP contribution >= 0.6 is 0 Å². The van der Waals surface area contributed by atoms with Crippen molar-refractivity contribution < 1.29 is 19.1 Å². The van der Waals surface area contributed by atoms with Crippen molar-refractivity contribution in [3.8, 4) is 0 Å². The number of carbonyl (C=O) groups is 2. The summed E-state index contributed by atoms with van der Waals surface area (Å²) in [4.78, 5) is 27.0. The van der Waals surface area contributed by atoms with Gasteiger partial charge in [-0.1, -0.05) is 24.3 Å². The fourth-order valence-corrected chi connectivity index (χ4v) is 4.74. The lowest BCUT2D eigenvalue weighted by atomic mass is 10.1. The molecule has 0 aliphatic carbocycles. The fourth-order valence-electron chi connectivity index (χ4n) is 4.74. The summed E-state index contributed by atoms with van der Waals surface area (Å²) in [6.45, 7) is 11.5. The number of rotatable bonds is 7. The Hall–Kier alpha value is -3.49. The number of aromatic nitrogens is 2. The molecule has 1 saturated heterocycles. The average Bonchev–Trinajstić information content (AvgIpc) is 3.11. The SMILES string of the molecule is Cc1c(COC(=O)NC(C)C)c(COC(=O)NC(C)C)c2c3ccccc3c(N3CCCCC3)nn12. The van der Waals surface area contributed by atoms with Crippen molar-refractivity contribution in [2.45, 2.75) is 79.2 Å². The van der Waals surface area contributed by atoms with Crippen LogP contribution < -0.4 is 15.5 Å². The number of nitrogens with zero attached hydrogens (tertiary/aromatic N) is 3. The van der Waals surface area contributed by atoms with E-state index in [1.165, 1.54) is 6.42 Å². The van der Waals surface area contributed by atoms with E-state index in [0.29, 0.717) is 0 Å². The van der Waals surface area contributed by atoms with Gasteiger partial charge in [0.25, 0.3) is 0 Å². The van der Waals surface area contributed by atoms with E-state index in [-0.39, 0.29) is 25.3 Å². The first kappa shape index (κ1) is 25.6. The first-order chi connectivity index (χ1) is 17.3. The summed E-state index contributed by atoms with van der Waals surface area (Å²) in [5.74, 6) is 0.950. The minimum atomic E-state index is -0.492. The monoisotopic (exact) mass is 495 g/mol. The van der Waals surface area contributed by atoms with Crippen LogP contribution in [0.3, 0.4) is 0 Å². The Kier molecular flexibility index (Phi) is 7.86. The fraction of sp³-hybridized carbons (Fsp3) is 0.519. The zero-order valence-electron chi connectivity index (χ0n) is 21.9. The first-order valence-corrected chi connectivity index (χ1v) is 12.8. The smallest absolute Gasteiger partial charge is 0.407 e. The lowest BCUT2D eigenvalue weighted by Gasteiger charge is -2.29. The number of benzene rings is 1. The third-order valence-corrected chi connectivity index (χ3v) is 6.40. The van der Waals surface area contributed by atoms with Crippen LogP contribution in [-0.4, -0.2) is 47.0 Å². The van der Waals surface area contributed by atoms with Gasteiger partial charge in [-0.05, 0) is 53.9 Å². The standard InChI is InChI=1S/C27H37N5O4/c1-17(2)28-26(33)35-15-22-19(5)32-24(23(22)16-36-27(34)29-18(3)4)20-11-7-8-12-21(20)25(30-32)31-13-9-6-10-14-31/h7-8,11-12,17-18H,6,9-10,13-16H2,1-5H3,(H,28,33)(H,29,34). The van der Waals surface area contributed by atoms with Crippen molar-refractivity contribution in [2.24, 2.45) is 0 Å². The van der Waals surface area contributed by atoms with Crippen LogP contribution in [0.1, 0.15) is 63.8 Å². The summed E-state index contributed by atoms with van der Waals surface area (Å²) >= 11 is 0. The number of aryl methyl sites for hydroxylation is 1. The van der Waals surface area contributed by atoms with Gasteiger partial charge in [-0.25, -0.2) is 14.1 Å². The molecule has 3 heterocycles. The number of nitrogens with one attached hydrogen (secondary N) is 2. The highest BCUT2D eigenvalue weighted by Gasteiger charge is 2.25. The molecular formula is C27H37N5O4. The molecule has 3 aromatic rings. The summed E-state index contributed by atoms with van der Waals surface area (Å²) in [7, 11) is 0. The van der Waals surface area contributed by atoms with Crippen LogP contribution in [0.4, 0.5) is 15.4 Å². The van der Waals surface area contributed by atoms with Gasteiger partial charge in [0.1, 0.15) is 13.2 Å². The molecule has 2 aromatic heterocycles. The second-order valence-electron chi connectivity index (χ2n) is 9.97. The number of ether oxygens (including phenoxy) is 2. The lowest BCUT2D eigenvalue weighted by molar-refractivity contribution is 0.129. The van der Waals surface area contributed by atoms with Gasteiger partial charge < -0.3 is 25.0 Å². The van der Waals surface area contributed by atoms with Gasteiger partial charge in [-0.15, -0.1) is 5.10 Å². The Labute approximate surface area is 212 Å². The predicted octanol–water partition coefficient (Wildman–Crippen LogP) is 5.06. The molecule has 1 aromatic carbocycles. The van der Waals surface area contributed by atoms with E-state index < -0.39 is 12.2 Å². The Morgan fingerprint density at radius 2 is 1.44 bits per heavy atom. The van der Waals surface area contributed by atoms with Gasteiger partial charge in [0.2, 0.25) is 0 Å². The van der Waals surface area contributed by atoms with Crippen LogP contribution in [0.25, 0.3) is 16.3 Å². The average molecular weight is 496 g/mol. The maximum absolute atomic E-state index is 12.3. The Morgan fingerprint density at radius 1 is 0.889 bits per heavy atom. The molecule has 194 valence electrons. The number of carbonyl (C=O) groups excluding carboxylic acids is 2. The molecule has 4 rings (SSSR count). The molecule has 36 heavy (non-hydrogen) atoms. The highest BCUT2D eigenvalue weighted by atomic mass is 16.6. The van der Waals surface area contributed by atoms with Gasteiger partial charge in [0.05, 0.1) is 5.52 Å². The van der Waals surface area contributed by atoms with E-state index in [4.69, 9.17) is 14.6 Å². The number of piperidine rings is 1. The summed E-state index contributed by atoms with van der Waals surface area (Å²) in [5.41, 5.74) is 3.30. The van der Waals surface area contributed by atoms with Gasteiger partial charge in [0, 0.05) is 52.8 Å². The Bertz CT molecular complexity index is 1240. The number of hydrogen-bond donors (Lipinski definition) is 2. The molecule has 0 unspecified atom stereocenters. The molecule has 0 spiro atoms. The second-order valence-corrected chi connectivity index (χ2v) is 9.97. The van der Waals surface area contributed by atoms with Crippen molar-refractivity contribution in [1.82, 2.24) is 20.2 Å². The second kappa shape index (κ2) is 11.1. The number of amides is 2. The van der Waals surface area contributed by atoms with Gasteiger partial charge in [0.15, 0.2) is 5.82 Å². The van der Waals surface area contributed by atoms with E-state index in [0.717, 1.165) is 64.9 Å².